The van der Waals surface area contributed by atoms with Gasteiger partial charge in [-0.2, -0.15) is 4.98 Å². The predicted molar refractivity (Wildman–Crippen MR) is 117 cm³/mol. The first-order chi connectivity index (χ1) is 15.0. The summed E-state index contributed by atoms with van der Waals surface area (Å²) in [7, 11) is 0. The molecule has 0 saturated carbocycles. The molecular formula is C22H20ClFN4O3. The average Bonchev–Trinajstić information content (AvgIpc) is 2.77. The number of anilines is 3. The van der Waals surface area contributed by atoms with E-state index in [0.29, 0.717) is 49.5 Å². The summed E-state index contributed by atoms with van der Waals surface area (Å²) in [6, 6.07) is 11.5. The fourth-order valence-electron chi connectivity index (χ4n) is 3.25. The van der Waals surface area contributed by atoms with Gasteiger partial charge in [0.15, 0.2) is 0 Å². The molecule has 0 aliphatic carbocycles. The van der Waals surface area contributed by atoms with Crippen LogP contribution in [0.4, 0.5) is 21.8 Å². The molecular weight excluding hydrogens is 423 g/mol. The van der Waals surface area contributed by atoms with Crippen molar-refractivity contribution in [3.05, 3.63) is 59.5 Å². The highest BCUT2D eigenvalue weighted by Crippen LogP contribution is 2.33. The molecule has 4 rings (SSSR count). The van der Waals surface area contributed by atoms with Crippen molar-refractivity contribution in [1.29, 1.82) is 0 Å². The molecule has 1 aromatic heterocycles. The second kappa shape index (κ2) is 9.28. The highest BCUT2D eigenvalue weighted by Gasteiger charge is 2.19. The van der Waals surface area contributed by atoms with E-state index in [2.05, 4.69) is 15.2 Å². The van der Waals surface area contributed by atoms with Crippen LogP contribution in [0.2, 0.25) is 5.02 Å². The zero-order valence-electron chi connectivity index (χ0n) is 16.8. The van der Waals surface area contributed by atoms with Crippen molar-refractivity contribution in [3.63, 3.8) is 0 Å². The molecule has 2 heterocycles. The lowest BCUT2D eigenvalue weighted by atomic mass is 10.1. The van der Waals surface area contributed by atoms with Crippen molar-refractivity contribution in [3.8, 4) is 16.9 Å². The SMILES string of the molecule is CC(=O)Oc1cccc(-c2cnc(Nc3ccc(F)c(Cl)c3)nc2N2CCOCC2)c1. The smallest absolute Gasteiger partial charge is 0.308 e. The topological polar surface area (TPSA) is 76.6 Å². The van der Waals surface area contributed by atoms with Crippen LogP contribution in [0.5, 0.6) is 5.75 Å². The third-order valence-corrected chi connectivity index (χ3v) is 4.95. The van der Waals surface area contributed by atoms with Gasteiger partial charge in [0.1, 0.15) is 17.4 Å². The van der Waals surface area contributed by atoms with Crippen LogP contribution in [0.1, 0.15) is 6.92 Å². The first-order valence-electron chi connectivity index (χ1n) is 9.70. The molecule has 0 bridgehead atoms. The van der Waals surface area contributed by atoms with Crippen LogP contribution in [-0.2, 0) is 9.53 Å². The Morgan fingerprint density at radius 2 is 2.03 bits per heavy atom. The summed E-state index contributed by atoms with van der Waals surface area (Å²) < 4.78 is 24.1. The molecule has 0 amide bonds. The summed E-state index contributed by atoms with van der Waals surface area (Å²) in [6.07, 6.45) is 1.71. The number of hydrogen-bond donors (Lipinski definition) is 1. The van der Waals surface area contributed by atoms with E-state index in [-0.39, 0.29) is 11.0 Å². The Hall–Kier alpha value is -3.23. The molecule has 7 nitrogen and oxygen atoms in total. The Balaban J connectivity index is 1.71. The lowest BCUT2D eigenvalue weighted by molar-refractivity contribution is -0.131. The zero-order chi connectivity index (χ0) is 21.8. The molecule has 9 heteroatoms. The molecule has 1 saturated heterocycles. The molecule has 2 aromatic carbocycles. The fourth-order valence-corrected chi connectivity index (χ4v) is 3.43. The number of carbonyl (C=O) groups excluding carboxylic acids is 1. The van der Waals surface area contributed by atoms with Crippen LogP contribution in [0.3, 0.4) is 0 Å². The fraction of sp³-hybridized carbons (Fsp3) is 0.227. The van der Waals surface area contributed by atoms with Crippen LogP contribution >= 0.6 is 11.6 Å². The molecule has 0 spiro atoms. The Morgan fingerprint density at radius 3 is 2.77 bits per heavy atom. The molecule has 31 heavy (non-hydrogen) atoms. The molecule has 0 atom stereocenters. The lowest BCUT2D eigenvalue weighted by Crippen LogP contribution is -2.37. The maximum absolute atomic E-state index is 13.5. The highest BCUT2D eigenvalue weighted by atomic mass is 35.5. The Labute approximate surface area is 183 Å². The van der Waals surface area contributed by atoms with Gasteiger partial charge in [-0.15, -0.1) is 0 Å². The Morgan fingerprint density at radius 1 is 1.23 bits per heavy atom. The van der Waals surface area contributed by atoms with Gasteiger partial charge in [-0.25, -0.2) is 9.37 Å². The van der Waals surface area contributed by atoms with E-state index in [0.717, 1.165) is 11.1 Å². The number of aromatic nitrogens is 2. The average molecular weight is 443 g/mol. The molecule has 1 N–H and O–H groups in total. The van der Waals surface area contributed by atoms with Gasteiger partial charge < -0.3 is 19.7 Å². The minimum Gasteiger partial charge on any atom is -0.427 e. The van der Waals surface area contributed by atoms with E-state index in [1.165, 1.54) is 19.1 Å². The summed E-state index contributed by atoms with van der Waals surface area (Å²) in [5.74, 6) is 0.628. The third-order valence-electron chi connectivity index (χ3n) is 4.66. The Kier molecular flexibility index (Phi) is 6.29. The van der Waals surface area contributed by atoms with Gasteiger partial charge >= 0.3 is 5.97 Å². The van der Waals surface area contributed by atoms with Crippen LogP contribution in [0, 0.1) is 5.82 Å². The third kappa shape index (κ3) is 5.10. The van der Waals surface area contributed by atoms with Gasteiger partial charge in [0, 0.05) is 37.5 Å². The van der Waals surface area contributed by atoms with Crippen molar-refractivity contribution >= 4 is 35.0 Å². The summed E-state index contributed by atoms with van der Waals surface area (Å²) in [5.41, 5.74) is 2.18. The molecule has 0 unspecified atom stereocenters. The monoisotopic (exact) mass is 442 g/mol. The number of benzene rings is 2. The van der Waals surface area contributed by atoms with E-state index in [1.54, 1.807) is 24.4 Å². The molecule has 1 aliphatic rings. The minimum absolute atomic E-state index is 0.0114. The Bertz CT molecular complexity index is 1110. The summed E-state index contributed by atoms with van der Waals surface area (Å²) in [4.78, 5) is 22.6. The van der Waals surface area contributed by atoms with Gasteiger partial charge in [-0.3, -0.25) is 4.79 Å². The standard InChI is InChI=1S/C22H20ClFN4O3/c1-14(29)31-17-4-2-3-15(11-17)18-13-25-22(26-16-5-6-20(24)19(23)12-16)27-21(18)28-7-9-30-10-8-28/h2-6,11-13H,7-10H2,1H3,(H,25,26,27). The van der Waals surface area contributed by atoms with Crippen molar-refractivity contribution < 1.29 is 18.7 Å². The predicted octanol–water partition coefficient (Wildman–Crippen LogP) is 4.44. The van der Waals surface area contributed by atoms with Crippen molar-refractivity contribution in [2.24, 2.45) is 0 Å². The molecule has 160 valence electrons. The van der Waals surface area contributed by atoms with E-state index < -0.39 is 5.82 Å². The summed E-state index contributed by atoms with van der Waals surface area (Å²) >= 11 is 5.88. The van der Waals surface area contributed by atoms with Gasteiger partial charge in [0.25, 0.3) is 0 Å². The number of morpholine rings is 1. The van der Waals surface area contributed by atoms with E-state index >= 15 is 0 Å². The highest BCUT2D eigenvalue weighted by molar-refractivity contribution is 6.31. The number of esters is 1. The quantitative estimate of drug-likeness (QED) is 0.462. The minimum atomic E-state index is -0.495. The van der Waals surface area contributed by atoms with Crippen LogP contribution in [-0.4, -0.2) is 42.2 Å². The van der Waals surface area contributed by atoms with Crippen molar-refractivity contribution in [2.75, 3.05) is 36.5 Å². The van der Waals surface area contributed by atoms with Gasteiger partial charge in [0.2, 0.25) is 5.95 Å². The number of nitrogens with one attached hydrogen (secondary N) is 1. The number of hydrogen-bond acceptors (Lipinski definition) is 7. The lowest BCUT2D eigenvalue weighted by Gasteiger charge is -2.29. The number of halogens is 2. The first kappa shape index (κ1) is 21.0. The van der Waals surface area contributed by atoms with Crippen molar-refractivity contribution in [1.82, 2.24) is 9.97 Å². The molecule has 0 radical (unpaired) electrons. The molecule has 1 aliphatic heterocycles. The number of rotatable bonds is 5. The zero-order valence-corrected chi connectivity index (χ0v) is 17.5. The largest absolute Gasteiger partial charge is 0.427 e. The normalized spacial score (nSPS) is 13.7. The van der Waals surface area contributed by atoms with Crippen LogP contribution in [0.25, 0.3) is 11.1 Å². The van der Waals surface area contributed by atoms with Gasteiger partial charge in [-0.05, 0) is 35.9 Å². The maximum atomic E-state index is 13.5. The first-order valence-corrected chi connectivity index (χ1v) is 10.1. The number of carbonyl (C=O) groups is 1. The van der Waals surface area contributed by atoms with Gasteiger partial charge in [0.05, 0.1) is 18.2 Å². The number of nitrogens with zero attached hydrogens (tertiary/aromatic N) is 3. The number of ether oxygens (including phenoxy) is 2. The van der Waals surface area contributed by atoms with Gasteiger partial charge in [-0.1, -0.05) is 23.7 Å². The summed E-state index contributed by atoms with van der Waals surface area (Å²) in [6.45, 7) is 3.89. The van der Waals surface area contributed by atoms with E-state index in [9.17, 15) is 9.18 Å². The van der Waals surface area contributed by atoms with Crippen LogP contribution < -0.4 is 15.0 Å². The molecule has 1 fully saturated rings. The second-order valence-corrected chi connectivity index (χ2v) is 7.31. The van der Waals surface area contributed by atoms with E-state index in [1.807, 2.05) is 12.1 Å². The molecule has 3 aromatic rings. The van der Waals surface area contributed by atoms with E-state index in [4.69, 9.17) is 26.1 Å². The summed E-state index contributed by atoms with van der Waals surface area (Å²) in [5, 5.41) is 3.08. The second-order valence-electron chi connectivity index (χ2n) is 6.91. The maximum Gasteiger partial charge on any atom is 0.308 e. The van der Waals surface area contributed by atoms with Crippen LogP contribution in [0.15, 0.2) is 48.7 Å². The van der Waals surface area contributed by atoms with Crippen molar-refractivity contribution in [2.45, 2.75) is 6.92 Å².